The van der Waals surface area contributed by atoms with Crippen LogP contribution in [0.2, 0.25) is 0 Å². The number of alkyl halides is 3. The summed E-state index contributed by atoms with van der Waals surface area (Å²) in [5, 5.41) is 3.21. The highest BCUT2D eigenvalue weighted by molar-refractivity contribution is 5.85. The molecule has 0 aliphatic carbocycles. The second-order valence-electron chi connectivity index (χ2n) is 6.03. The maximum atomic E-state index is 13.7. The Labute approximate surface area is 159 Å². The number of nitrogens with zero attached hydrogens (tertiary/aromatic N) is 1. The molecule has 1 aromatic carbocycles. The summed E-state index contributed by atoms with van der Waals surface area (Å²) in [5.41, 5.74) is -0.630. The van der Waals surface area contributed by atoms with Gasteiger partial charge in [-0.3, -0.25) is 4.90 Å². The minimum atomic E-state index is -4.46. The highest BCUT2D eigenvalue weighted by Gasteiger charge is 2.36. The van der Waals surface area contributed by atoms with E-state index in [1.54, 1.807) is 0 Å². The normalized spacial score (nSPS) is 16.7. The van der Waals surface area contributed by atoms with E-state index in [-0.39, 0.29) is 36.4 Å². The summed E-state index contributed by atoms with van der Waals surface area (Å²) in [6.07, 6.45) is -1.01. The monoisotopic (exact) mass is 404 g/mol. The predicted molar refractivity (Wildman–Crippen MR) is 97.2 cm³/mol. The molecule has 25 heavy (non-hydrogen) atoms. The fraction of sp³-hybridized carbons (Fsp3) is 0.647. The molecule has 0 bridgehead atoms. The van der Waals surface area contributed by atoms with E-state index >= 15 is 0 Å². The van der Waals surface area contributed by atoms with E-state index in [1.165, 1.54) is 0 Å². The first-order chi connectivity index (χ1) is 10.9. The molecule has 1 saturated heterocycles. The Balaban J connectivity index is 0.00000288. The van der Waals surface area contributed by atoms with E-state index in [0.29, 0.717) is 19.5 Å². The minimum absolute atomic E-state index is 0. The number of hydrogen-bond donors (Lipinski definition) is 1. The second kappa shape index (κ2) is 11.2. The standard InChI is InChI=1S/C17H24F4N2.2ClH/c1-2-3-4-5-16(23-10-8-22-9-11-23)14-12-13(18)6-7-15(14)17(19,20)21;;/h6-7,12,16,22H,2-5,8-11H2,1H3;2*1H/t16-;;/m0../s1. The molecule has 0 unspecified atom stereocenters. The van der Waals surface area contributed by atoms with Gasteiger partial charge in [-0.25, -0.2) is 4.39 Å². The van der Waals surface area contributed by atoms with Gasteiger partial charge in [0.15, 0.2) is 0 Å². The van der Waals surface area contributed by atoms with Crippen LogP contribution in [0, 0.1) is 5.82 Å². The fourth-order valence-corrected chi connectivity index (χ4v) is 3.18. The van der Waals surface area contributed by atoms with Crippen molar-refractivity contribution in [1.29, 1.82) is 0 Å². The molecular weight excluding hydrogens is 379 g/mol. The quantitative estimate of drug-likeness (QED) is 0.516. The van der Waals surface area contributed by atoms with E-state index in [0.717, 1.165) is 50.6 Å². The number of nitrogens with one attached hydrogen (secondary N) is 1. The van der Waals surface area contributed by atoms with Crippen LogP contribution in [0.15, 0.2) is 18.2 Å². The van der Waals surface area contributed by atoms with Gasteiger partial charge in [-0.2, -0.15) is 13.2 Å². The first-order valence-corrected chi connectivity index (χ1v) is 8.25. The average Bonchev–Trinajstić information content (AvgIpc) is 2.51. The van der Waals surface area contributed by atoms with Gasteiger partial charge in [-0.05, 0) is 30.2 Å². The predicted octanol–water partition coefficient (Wildman–Crippen LogP) is 5.21. The van der Waals surface area contributed by atoms with Crippen molar-refractivity contribution in [2.75, 3.05) is 26.2 Å². The zero-order valence-corrected chi connectivity index (χ0v) is 15.9. The lowest BCUT2D eigenvalue weighted by Crippen LogP contribution is -2.45. The first-order valence-electron chi connectivity index (χ1n) is 8.25. The highest BCUT2D eigenvalue weighted by Crippen LogP contribution is 2.38. The van der Waals surface area contributed by atoms with Crippen LogP contribution >= 0.6 is 24.8 Å². The van der Waals surface area contributed by atoms with Crippen molar-refractivity contribution < 1.29 is 17.6 Å². The van der Waals surface area contributed by atoms with E-state index < -0.39 is 17.6 Å². The Morgan fingerprint density at radius 1 is 1.12 bits per heavy atom. The molecule has 1 fully saturated rings. The smallest absolute Gasteiger partial charge is 0.314 e. The summed E-state index contributed by atoms with van der Waals surface area (Å²) in [7, 11) is 0. The largest absolute Gasteiger partial charge is 0.416 e. The molecule has 0 saturated carbocycles. The van der Waals surface area contributed by atoms with Crippen molar-refractivity contribution in [1.82, 2.24) is 10.2 Å². The Morgan fingerprint density at radius 2 is 1.76 bits per heavy atom. The van der Waals surface area contributed by atoms with Crippen molar-refractivity contribution in [3.8, 4) is 0 Å². The maximum Gasteiger partial charge on any atom is 0.416 e. The summed E-state index contributed by atoms with van der Waals surface area (Å²) < 4.78 is 53.7. The third-order valence-corrected chi connectivity index (χ3v) is 4.35. The Kier molecular flexibility index (Phi) is 11.0. The summed E-state index contributed by atoms with van der Waals surface area (Å²) in [6, 6.07) is 2.46. The number of rotatable bonds is 6. The Morgan fingerprint density at radius 3 is 2.32 bits per heavy atom. The van der Waals surface area contributed by atoms with Gasteiger partial charge in [-0.1, -0.05) is 26.2 Å². The lowest BCUT2D eigenvalue weighted by atomic mass is 9.93. The van der Waals surface area contributed by atoms with Crippen molar-refractivity contribution in [2.24, 2.45) is 0 Å². The van der Waals surface area contributed by atoms with Crippen LogP contribution in [0.25, 0.3) is 0 Å². The molecule has 2 nitrogen and oxygen atoms in total. The van der Waals surface area contributed by atoms with Crippen molar-refractivity contribution in [3.63, 3.8) is 0 Å². The number of piperazine rings is 1. The summed E-state index contributed by atoms with van der Waals surface area (Å²) in [5.74, 6) is -0.608. The molecule has 1 aromatic rings. The molecule has 146 valence electrons. The molecule has 0 radical (unpaired) electrons. The Hall–Kier alpha value is -0.560. The highest BCUT2D eigenvalue weighted by atomic mass is 35.5. The van der Waals surface area contributed by atoms with Crippen molar-refractivity contribution >= 4 is 24.8 Å². The van der Waals surface area contributed by atoms with Crippen molar-refractivity contribution in [2.45, 2.75) is 44.8 Å². The van der Waals surface area contributed by atoms with Gasteiger partial charge in [0.1, 0.15) is 5.82 Å². The van der Waals surface area contributed by atoms with Gasteiger partial charge in [0.05, 0.1) is 5.56 Å². The third-order valence-electron chi connectivity index (χ3n) is 4.35. The van der Waals surface area contributed by atoms with Crippen LogP contribution in [0.3, 0.4) is 0 Å². The van der Waals surface area contributed by atoms with Gasteiger partial charge in [-0.15, -0.1) is 24.8 Å². The van der Waals surface area contributed by atoms with E-state index in [9.17, 15) is 17.6 Å². The zero-order valence-electron chi connectivity index (χ0n) is 14.2. The van der Waals surface area contributed by atoms with Crippen molar-refractivity contribution in [3.05, 3.63) is 35.1 Å². The number of hydrogen-bond acceptors (Lipinski definition) is 2. The van der Waals surface area contributed by atoms with E-state index in [2.05, 4.69) is 17.1 Å². The molecule has 1 aliphatic rings. The summed E-state index contributed by atoms with van der Waals surface area (Å²) >= 11 is 0. The maximum absolute atomic E-state index is 13.7. The van der Waals surface area contributed by atoms with Gasteiger partial charge in [0, 0.05) is 32.2 Å². The van der Waals surface area contributed by atoms with Crippen LogP contribution < -0.4 is 5.32 Å². The molecule has 1 heterocycles. The van der Waals surface area contributed by atoms with Crippen LogP contribution in [0.4, 0.5) is 17.6 Å². The average molecular weight is 405 g/mol. The molecule has 2 rings (SSSR count). The third kappa shape index (κ3) is 6.93. The first kappa shape index (κ1) is 24.4. The number of benzene rings is 1. The van der Waals surface area contributed by atoms with Gasteiger partial charge < -0.3 is 5.32 Å². The fourth-order valence-electron chi connectivity index (χ4n) is 3.18. The lowest BCUT2D eigenvalue weighted by Gasteiger charge is -2.36. The summed E-state index contributed by atoms with van der Waals surface area (Å²) in [6.45, 7) is 4.93. The summed E-state index contributed by atoms with van der Waals surface area (Å²) in [4.78, 5) is 2.05. The lowest BCUT2D eigenvalue weighted by molar-refractivity contribution is -0.138. The SMILES string of the molecule is CCCCC[C@@H](c1cc(F)ccc1C(F)(F)F)N1CCNCC1.Cl.Cl. The van der Waals surface area contributed by atoms with Gasteiger partial charge in [0.25, 0.3) is 0 Å². The van der Waals surface area contributed by atoms with Crippen LogP contribution in [-0.2, 0) is 6.18 Å². The number of halogens is 6. The minimum Gasteiger partial charge on any atom is -0.314 e. The van der Waals surface area contributed by atoms with E-state index in [4.69, 9.17) is 0 Å². The molecule has 1 aliphatic heterocycles. The molecule has 8 heteroatoms. The van der Waals surface area contributed by atoms with Gasteiger partial charge in [0.2, 0.25) is 0 Å². The molecule has 0 aromatic heterocycles. The topological polar surface area (TPSA) is 15.3 Å². The molecular formula is C17H26Cl2F4N2. The van der Waals surface area contributed by atoms with Gasteiger partial charge >= 0.3 is 6.18 Å². The van der Waals surface area contributed by atoms with Crippen LogP contribution in [0.1, 0.15) is 49.8 Å². The number of unbranched alkanes of at least 4 members (excludes halogenated alkanes) is 2. The molecule has 0 amide bonds. The molecule has 0 spiro atoms. The van der Waals surface area contributed by atoms with E-state index in [1.807, 2.05) is 0 Å². The molecule has 1 N–H and O–H groups in total. The van der Waals surface area contributed by atoms with Crippen LogP contribution in [-0.4, -0.2) is 31.1 Å². The second-order valence-corrected chi connectivity index (χ2v) is 6.03. The Bertz CT molecular complexity index is 506. The van der Waals surface area contributed by atoms with Crippen LogP contribution in [0.5, 0.6) is 0 Å². The molecule has 1 atom stereocenters. The zero-order chi connectivity index (χ0) is 16.9.